The van der Waals surface area contributed by atoms with Crippen LogP contribution in [0.3, 0.4) is 0 Å². The Kier molecular flexibility index (Phi) is 6.18. The topological polar surface area (TPSA) is 50.2 Å². The number of hydrogen-bond acceptors (Lipinski definition) is 3. The van der Waals surface area contributed by atoms with Crippen LogP contribution in [0.15, 0.2) is 72.8 Å². The lowest BCUT2D eigenvalue weighted by molar-refractivity contribution is -0.126. The lowest BCUT2D eigenvalue weighted by atomic mass is 9.87. The van der Waals surface area contributed by atoms with Gasteiger partial charge in [-0.2, -0.15) is 0 Å². The Morgan fingerprint density at radius 2 is 1.69 bits per heavy atom. The summed E-state index contributed by atoms with van der Waals surface area (Å²) in [6.07, 6.45) is 4.77. The number of anilines is 1. The number of para-hydroxylation sites is 2. The van der Waals surface area contributed by atoms with Gasteiger partial charge in [-0.25, -0.2) is 9.37 Å². The summed E-state index contributed by atoms with van der Waals surface area (Å²) in [6, 6.07) is 23.5. The summed E-state index contributed by atoms with van der Waals surface area (Å²) in [4.78, 5) is 20.4. The Morgan fingerprint density at radius 1 is 0.944 bits per heavy atom. The average molecular weight is 483 g/mol. The minimum Gasteiger partial charge on any atom is -0.349 e. The number of imidazole rings is 1. The molecule has 0 bridgehead atoms. The number of aromatic nitrogens is 2. The van der Waals surface area contributed by atoms with E-state index in [0.29, 0.717) is 12.1 Å². The Morgan fingerprint density at radius 3 is 2.56 bits per heavy atom. The standard InChI is InChI=1S/C30H31FN4O/c31-25-12-4-2-9-23(25)20-35-28-15-6-5-13-27(28)33-30(35)34-18-16-22(17-19-34)29(36)32-26-14-7-10-21-8-1-3-11-24(21)26/h1-6,8-9,11-13,15,22,26H,7,10,14,16-20H2,(H,32,36)/t26-/m1/s1. The van der Waals surface area contributed by atoms with Crippen molar-refractivity contribution in [1.82, 2.24) is 14.9 Å². The summed E-state index contributed by atoms with van der Waals surface area (Å²) in [6.45, 7) is 1.92. The van der Waals surface area contributed by atoms with E-state index in [0.717, 1.165) is 62.2 Å². The SMILES string of the molecule is O=C(N[C@@H]1CCCc2ccccc21)C1CCN(c2nc3ccccc3n2Cc2ccccc2F)CC1. The van der Waals surface area contributed by atoms with E-state index in [2.05, 4.69) is 39.0 Å². The molecule has 5 nitrogen and oxygen atoms in total. The summed E-state index contributed by atoms with van der Waals surface area (Å²) in [5.74, 6) is 0.802. The fourth-order valence-electron chi connectivity index (χ4n) is 5.79. The van der Waals surface area contributed by atoms with E-state index in [9.17, 15) is 9.18 Å². The molecule has 2 heterocycles. The largest absolute Gasteiger partial charge is 0.349 e. The highest BCUT2D eigenvalue weighted by atomic mass is 19.1. The molecule has 1 fully saturated rings. The number of aryl methyl sites for hydroxylation is 1. The number of nitrogens with zero attached hydrogens (tertiary/aromatic N) is 3. The number of benzene rings is 3. The molecule has 6 rings (SSSR count). The summed E-state index contributed by atoms with van der Waals surface area (Å²) in [7, 11) is 0. The first-order valence-corrected chi connectivity index (χ1v) is 13.0. The highest BCUT2D eigenvalue weighted by Crippen LogP contribution is 2.32. The maximum atomic E-state index is 14.5. The maximum absolute atomic E-state index is 14.5. The van der Waals surface area contributed by atoms with E-state index in [4.69, 9.17) is 4.98 Å². The van der Waals surface area contributed by atoms with Crippen LogP contribution in [0.1, 0.15) is 48.4 Å². The molecule has 6 heteroatoms. The number of carbonyl (C=O) groups is 1. The minimum absolute atomic E-state index is 0.000245. The molecule has 0 radical (unpaired) electrons. The van der Waals surface area contributed by atoms with E-state index in [1.807, 2.05) is 36.4 Å². The second-order valence-corrected chi connectivity index (χ2v) is 9.99. The summed E-state index contributed by atoms with van der Waals surface area (Å²) in [5.41, 5.74) is 5.17. The fourth-order valence-corrected chi connectivity index (χ4v) is 5.79. The number of carbonyl (C=O) groups excluding carboxylic acids is 1. The molecule has 3 aromatic carbocycles. The van der Waals surface area contributed by atoms with Crippen molar-refractivity contribution in [3.63, 3.8) is 0 Å². The Hall–Kier alpha value is -3.67. The monoisotopic (exact) mass is 482 g/mol. The van der Waals surface area contributed by atoms with E-state index < -0.39 is 0 Å². The molecule has 1 aliphatic carbocycles. The first kappa shape index (κ1) is 22.8. The predicted molar refractivity (Wildman–Crippen MR) is 140 cm³/mol. The van der Waals surface area contributed by atoms with Crippen molar-refractivity contribution in [3.05, 3.63) is 95.3 Å². The van der Waals surface area contributed by atoms with Gasteiger partial charge in [0, 0.05) is 24.6 Å². The van der Waals surface area contributed by atoms with Gasteiger partial charge in [-0.15, -0.1) is 0 Å². The molecule has 1 atom stereocenters. The van der Waals surface area contributed by atoms with E-state index >= 15 is 0 Å². The molecule has 1 N–H and O–H groups in total. The van der Waals surface area contributed by atoms with Crippen molar-refractivity contribution in [2.24, 2.45) is 5.92 Å². The van der Waals surface area contributed by atoms with Gasteiger partial charge in [0.25, 0.3) is 0 Å². The molecule has 1 aliphatic heterocycles. The van der Waals surface area contributed by atoms with Gasteiger partial charge >= 0.3 is 0 Å². The highest BCUT2D eigenvalue weighted by molar-refractivity contribution is 5.80. The van der Waals surface area contributed by atoms with Crippen LogP contribution >= 0.6 is 0 Å². The van der Waals surface area contributed by atoms with Gasteiger partial charge in [0.1, 0.15) is 5.82 Å². The van der Waals surface area contributed by atoms with Crippen LogP contribution in [0.5, 0.6) is 0 Å². The van der Waals surface area contributed by atoms with E-state index in [-0.39, 0.29) is 23.7 Å². The van der Waals surface area contributed by atoms with Crippen LogP contribution in [0.4, 0.5) is 10.3 Å². The third-order valence-electron chi connectivity index (χ3n) is 7.76. The molecule has 4 aromatic rings. The van der Waals surface area contributed by atoms with Gasteiger partial charge in [0.2, 0.25) is 11.9 Å². The van der Waals surface area contributed by atoms with Crippen LogP contribution in [0.2, 0.25) is 0 Å². The third kappa shape index (κ3) is 4.36. The first-order chi connectivity index (χ1) is 17.7. The van der Waals surface area contributed by atoms with Crippen LogP contribution in [-0.2, 0) is 17.8 Å². The number of nitrogens with one attached hydrogen (secondary N) is 1. The number of fused-ring (bicyclic) bond motifs is 2. The van der Waals surface area contributed by atoms with Gasteiger partial charge in [-0.05, 0) is 61.4 Å². The molecule has 36 heavy (non-hydrogen) atoms. The lowest BCUT2D eigenvalue weighted by Crippen LogP contribution is -2.42. The third-order valence-corrected chi connectivity index (χ3v) is 7.76. The van der Waals surface area contributed by atoms with Gasteiger partial charge < -0.3 is 14.8 Å². The van der Waals surface area contributed by atoms with Crippen molar-refractivity contribution in [1.29, 1.82) is 0 Å². The quantitative estimate of drug-likeness (QED) is 0.401. The molecule has 0 unspecified atom stereocenters. The molecular formula is C30H31FN4O. The van der Waals surface area contributed by atoms with Gasteiger partial charge in [-0.3, -0.25) is 4.79 Å². The van der Waals surface area contributed by atoms with Crippen molar-refractivity contribution in [3.8, 4) is 0 Å². The molecule has 2 aliphatic rings. The molecule has 0 spiro atoms. The highest BCUT2D eigenvalue weighted by Gasteiger charge is 2.30. The average Bonchev–Trinajstić information content (AvgIpc) is 3.28. The molecule has 0 saturated carbocycles. The van der Waals surface area contributed by atoms with Crippen molar-refractivity contribution in [2.75, 3.05) is 18.0 Å². The van der Waals surface area contributed by atoms with Crippen LogP contribution in [0, 0.1) is 11.7 Å². The second-order valence-electron chi connectivity index (χ2n) is 9.99. The van der Waals surface area contributed by atoms with Crippen LogP contribution < -0.4 is 10.2 Å². The van der Waals surface area contributed by atoms with Gasteiger partial charge in [-0.1, -0.05) is 54.6 Å². The second kappa shape index (κ2) is 9.76. The minimum atomic E-state index is -0.208. The van der Waals surface area contributed by atoms with Crippen LogP contribution in [0.25, 0.3) is 11.0 Å². The predicted octanol–water partition coefficient (Wildman–Crippen LogP) is 5.63. The Balaban J connectivity index is 1.17. The molecule has 184 valence electrons. The Labute approximate surface area is 211 Å². The summed E-state index contributed by atoms with van der Waals surface area (Å²) < 4.78 is 16.6. The number of halogens is 1. The van der Waals surface area contributed by atoms with Gasteiger partial charge in [0.05, 0.1) is 23.6 Å². The number of piperidine rings is 1. The zero-order chi connectivity index (χ0) is 24.5. The zero-order valence-electron chi connectivity index (χ0n) is 20.4. The van der Waals surface area contributed by atoms with Crippen molar-refractivity contribution in [2.45, 2.75) is 44.7 Å². The molecular weight excluding hydrogens is 451 g/mol. The number of hydrogen-bond donors (Lipinski definition) is 1. The van der Waals surface area contributed by atoms with E-state index in [1.165, 1.54) is 17.2 Å². The summed E-state index contributed by atoms with van der Waals surface area (Å²) in [5, 5.41) is 3.35. The molecule has 1 saturated heterocycles. The number of rotatable bonds is 5. The fraction of sp³-hybridized carbons (Fsp3) is 0.333. The first-order valence-electron chi connectivity index (χ1n) is 13.0. The summed E-state index contributed by atoms with van der Waals surface area (Å²) >= 11 is 0. The lowest BCUT2D eigenvalue weighted by Gasteiger charge is -2.34. The molecule has 1 amide bonds. The maximum Gasteiger partial charge on any atom is 0.223 e. The molecule has 1 aromatic heterocycles. The Bertz CT molecular complexity index is 1390. The van der Waals surface area contributed by atoms with Crippen molar-refractivity contribution >= 4 is 22.9 Å². The van der Waals surface area contributed by atoms with Crippen molar-refractivity contribution < 1.29 is 9.18 Å². The number of amides is 1. The zero-order valence-corrected chi connectivity index (χ0v) is 20.4. The normalized spacial score (nSPS) is 18.2. The van der Waals surface area contributed by atoms with E-state index in [1.54, 1.807) is 6.07 Å². The smallest absolute Gasteiger partial charge is 0.223 e. The van der Waals surface area contributed by atoms with Crippen LogP contribution in [-0.4, -0.2) is 28.5 Å². The van der Waals surface area contributed by atoms with Gasteiger partial charge in [0.15, 0.2) is 0 Å².